The second kappa shape index (κ2) is 11.2. The van der Waals surface area contributed by atoms with E-state index in [2.05, 4.69) is 5.32 Å². The summed E-state index contributed by atoms with van der Waals surface area (Å²) in [5.74, 6) is -1.24. The predicted molar refractivity (Wildman–Crippen MR) is 77.8 cm³/mol. The van der Waals surface area contributed by atoms with Gasteiger partial charge in [0.2, 0.25) is 11.8 Å². The number of rotatable bonds is 11. The molecule has 0 aliphatic heterocycles. The van der Waals surface area contributed by atoms with Crippen molar-refractivity contribution in [3.8, 4) is 0 Å². The molecule has 1 atom stereocenters. The number of amides is 2. The number of nitrogens with one attached hydrogen (secondary N) is 1. The van der Waals surface area contributed by atoms with Crippen molar-refractivity contribution in [3.05, 3.63) is 0 Å². The van der Waals surface area contributed by atoms with Crippen LogP contribution in [0.4, 0.5) is 13.2 Å². The van der Waals surface area contributed by atoms with Gasteiger partial charge in [-0.1, -0.05) is 0 Å². The molecule has 0 rings (SSSR count). The van der Waals surface area contributed by atoms with Gasteiger partial charge in [-0.2, -0.15) is 13.2 Å². The molecule has 0 spiro atoms. The van der Waals surface area contributed by atoms with E-state index >= 15 is 0 Å². The average molecular weight is 342 g/mol. The zero-order valence-electron chi connectivity index (χ0n) is 13.7. The first-order valence-electron chi connectivity index (χ1n) is 7.48. The standard InChI is InChI=1S/C14H25F3N2O4/c1-4-22-8-6-12(20)18-10-11(14(15,16)17)19(3)13(21)7-9-23-5-2/h11H,4-10H2,1-3H3,(H,18,20). The lowest BCUT2D eigenvalue weighted by atomic mass is 10.2. The summed E-state index contributed by atoms with van der Waals surface area (Å²) >= 11 is 0. The lowest BCUT2D eigenvalue weighted by molar-refractivity contribution is -0.186. The fourth-order valence-corrected chi connectivity index (χ4v) is 1.73. The fourth-order valence-electron chi connectivity index (χ4n) is 1.73. The normalized spacial score (nSPS) is 12.8. The molecule has 0 bridgehead atoms. The van der Waals surface area contributed by atoms with E-state index < -0.39 is 30.6 Å². The zero-order chi connectivity index (χ0) is 17.9. The molecule has 0 aliphatic carbocycles. The Labute approximate surface area is 134 Å². The van der Waals surface area contributed by atoms with Crippen molar-refractivity contribution in [2.45, 2.75) is 38.9 Å². The Morgan fingerprint density at radius 1 is 1.09 bits per heavy atom. The molecule has 0 aliphatic rings. The molecule has 9 heteroatoms. The van der Waals surface area contributed by atoms with Gasteiger partial charge in [0.15, 0.2) is 0 Å². The first-order chi connectivity index (χ1) is 10.7. The van der Waals surface area contributed by atoms with E-state index in [9.17, 15) is 22.8 Å². The van der Waals surface area contributed by atoms with Gasteiger partial charge in [-0.15, -0.1) is 0 Å². The molecule has 6 nitrogen and oxygen atoms in total. The summed E-state index contributed by atoms with van der Waals surface area (Å²) in [4.78, 5) is 23.8. The predicted octanol–water partition coefficient (Wildman–Crippen LogP) is 1.35. The van der Waals surface area contributed by atoms with Crippen LogP contribution >= 0.6 is 0 Å². The highest BCUT2D eigenvalue weighted by Crippen LogP contribution is 2.24. The quantitative estimate of drug-likeness (QED) is 0.576. The number of likely N-dealkylation sites (N-methyl/N-ethyl adjacent to an activating group) is 1. The summed E-state index contributed by atoms with van der Waals surface area (Å²) in [6.07, 6.45) is -4.81. The van der Waals surface area contributed by atoms with Gasteiger partial charge in [0, 0.05) is 33.2 Å². The van der Waals surface area contributed by atoms with Crippen molar-refractivity contribution in [1.82, 2.24) is 10.2 Å². The minimum Gasteiger partial charge on any atom is -0.381 e. The maximum absolute atomic E-state index is 13.1. The number of hydrogen-bond acceptors (Lipinski definition) is 4. The summed E-state index contributed by atoms with van der Waals surface area (Å²) in [5.41, 5.74) is 0. The number of hydrogen-bond donors (Lipinski definition) is 1. The Morgan fingerprint density at radius 3 is 2.09 bits per heavy atom. The number of carbonyl (C=O) groups is 2. The van der Waals surface area contributed by atoms with Crippen LogP contribution in [0.15, 0.2) is 0 Å². The maximum Gasteiger partial charge on any atom is 0.410 e. The molecule has 1 N–H and O–H groups in total. The summed E-state index contributed by atoms with van der Waals surface area (Å²) in [6.45, 7) is 3.80. The number of halogens is 3. The summed E-state index contributed by atoms with van der Waals surface area (Å²) in [6, 6.07) is -2.08. The monoisotopic (exact) mass is 342 g/mol. The summed E-state index contributed by atoms with van der Waals surface area (Å²) in [5, 5.41) is 2.19. The Morgan fingerprint density at radius 2 is 1.61 bits per heavy atom. The first kappa shape index (κ1) is 21.6. The van der Waals surface area contributed by atoms with Gasteiger partial charge >= 0.3 is 6.18 Å². The van der Waals surface area contributed by atoms with Crippen molar-refractivity contribution in [2.24, 2.45) is 0 Å². The van der Waals surface area contributed by atoms with E-state index in [0.717, 1.165) is 7.05 Å². The van der Waals surface area contributed by atoms with Crippen LogP contribution in [0.1, 0.15) is 26.7 Å². The molecular formula is C14H25F3N2O4. The number of nitrogens with zero attached hydrogens (tertiary/aromatic N) is 1. The van der Waals surface area contributed by atoms with Crippen LogP contribution < -0.4 is 5.32 Å². The zero-order valence-corrected chi connectivity index (χ0v) is 13.7. The van der Waals surface area contributed by atoms with Crippen molar-refractivity contribution in [2.75, 3.05) is 40.0 Å². The van der Waals surface area contributed by atoms with Gasteiger partial charge in [-0.25, -0.2) is 0 Å². The molecule has 0 aromatic rings. The molecule has 1 unspecified atom stereocenters. The van der Waals surface area contributed by atoms with Crippen molar-refractivity contribution >= 4 is 11.8 Å². The number of ether oxygens (including phenoxy) is 2. The van der Waals surface area contributed by atoms with Crippen LogP contribution in [0, 0.1) is 0 Å². The van der Waals surface area contributed by atoms with E-state index in [0.29, 0.717) is 18.1 Å². The van der Waals surface area contributed by atoms with Crippen LogP contribution in [0.5, 0.6) is 0 Å². The minimum absolute atomic E-state index is 0.0274. The maximum atomic E-state index is 13.1. The SMILES string of the molecule is CCOCCC(=O)NCC(N(C)C(=O)CCOCC)C(F)(F)F. The Bertz CT molecular complexity index is 364. The van der Waals surface area contributed by atoms with Crippen molar-refractivity contribution in [3.63, 3.8) is 0 Å². The van der Waals surface area contributed by atoms with Gasteiger partial charge in [-0.05, 0) is 13.8 Å². The highest BCUT2D eigenvalue weighted by Gasteiger charge is 2.43. The van der Waals surface area contributed by atoms with Gasteiger partial charge in [-0.3, -0.25) is 9.59 Å². The Balaban J connectivity index is 4.52. The van der Waals surface area contributed by atoms with Crippen LogP contribution in [0.2, 0.25) is 0 Å². The van der Waals surface area contributed by atoms with Gasteiger partial charge in [0.1, 0.15) is 6.04 Å². The molecular weight excluding hydrogens is 317 g/mol. The second-order valence-corrected chi connectivity index (χ2v) is 4.76. The average Bonchev–Trinajstić information content (AvgIpc) is 2.46. The fraction of sp³-hybridized carbons (Fsp3) is 0.857. The molecule has 23 heavy (non-hydrogen) atoms. The largest absolute Gasteiger partial charge is 0.410 e. The van der Waals surface area contributed by atoms with Crippen molar-refractivity contribution in [1.29, 1.82) is 0 Å². The summed E-state index contributed by atoms with van der Waals surface area (Å²) in [7, 11) is 1.07. The van der Waals surface area contributed by atoms with Crippen LogP contribution in [0.25, 0.3) is 0 Å². The summed E-state index contributed by atoms with van der Waals surface area (Å²) < 4.78 is 49.1. The number of carbonyl (C=O) groups excluding carboxylic acids is 2. The van der Waals surface area contributed by atoms with Gasteiger partial charge in [0.05, 0.1) is 19.6 Å². The highest BCUT2D eigenvalue weighted by molar-refractivity contribution is 5.77. The molecule has 0 saturated carbocycles. The van der Waals surface area contributed by atoms with E-state index in [1.165, 1.54) is 0 Å². The first-order valence-corrected chi connectivity index (χ1v) is 7.48. The van der Waals surface area contributed by atoms with Crippen LogP contribution in [0.3, 0.4) is 0 Å². The molecule has 0 heterocycles. The molecule has 0 aromatic heterocycles. The molecule has 0 saturated heterocycles. The highest BCUT2D eigenvalue weighted by atomic mass is 19.4. The molecule has 0 radical (unpaired) electrons. The van der Waals surface area contributed by atoms with Crippen molar-refractivity contribution < 1.29 is 32.2 Å². The molecule has 0 fully saturated rings. The smallest absolute Gasteiger partial charge is 0.381 e. The van der Waals surface area contributed by atoms with Gasteiger partial charge < -0.3 is 19.7 Å². The minimum atomic E-state index is -4.64. The lowest BCUT2D eigenvalue weighted by Crippen LogP contribution is -2.53. The second-order valence-electron chi connectivity index (χ2n) is 4.76. The lowest BCUT2D eigenvalue weighted by Gasteiger charge is -2.30. The Kier molecular flexibility index (Phi) is 10.6. The third-order valence-electron chi connectivity index (χ3n) is 3.07. The third kappa shape index (κ3) is 9.39. The number of alkyl halides is 3. The Hall–Kier alpha value is -1.35. The molecule has 2 amide bonds. The molecule has 136 valence electrons. The molecule has 0 aromatic carbocycles. The van der Waals surface area contributed by atoms with Gasteiger partial charge in [0.25, 0.3) is 0 Å². The third-order valence-corrected chi connectivity index (χ3v) is 3.07. The van der Waals surface area contributed by atoms with Crippen LogP contribution in [-0.4, -0.2) is 69.0 Å². The van der Waals surface area contributed by atoms with E-state index in [-0.39, 0.29) is 26.1 Å². The van der Waals surface area contributed by atoms with E-state index in [4.69, 9.17) is 9.47 Å². The van der Waals surface area contributed by atoms with Crippen LogP contribution in [-0.2, 0) is 19.1 Å². The topological polar surface area (TPSA) is 67.9 Å². The van der Waals surface area contributed by atoms with E-state index in [1.54, 1.807) is 13.8 Å². The van der Waals surface area contributed by atoms with E-state index in [1.807, 2.05) is 0 Å².